The highest BCUT2D eigenvalue weighted by Gasteiger charge is 2.15. The minimum Gasteiger partial charge on any atom is -0.508 e. The predicted molar refractivity (Wildman–Crippen MR) is 66.8 cm³/mol. The van der Waals surface area contributed by atoms with Crippen molar-refractivity contribution in [2.75, 3.05) is 13.1 Å². The van der Waals surface area contributed by atoms with Crippen molar-refractivity contribution >= 4 is 23.4 Å². The van der Waals surface area contributed by atoms with Crippen LogP contribution >= 0.6 is 11.6 Å². The summed E-state index contributed by atoms with van der Waals surface area (Å²) in [5.74, 6) is -1.20. The molecule has 2 amide bonds. The Kier molecular flexibility index (Phi) is 4.94. The molecular formula is C11H14ClN3O3. The Bertz CT molecular complexity index is 429. The van der Waals surface area contributed by atoms with Gasteiger partial charge in [0, 0.05) is 17.1 Å². The van der Waals surface area contributed by atoms with Crippen LogP contribution in [0.1, 0.15) is 5.56 Å². The van der Waals surface area contributed by atoms with E-state index < -0.39 is 11.8 Å². The highest BCUT2D eigenvalue weighted by Crippen LogP contribution is 2.26. The van der Waals surface area contributed by atoms with E-state index in [2.05, 4.69) is 0 Å². The number of nitrogens with zero attached hydrogens (tertiary/aromatic N) is 1. The first-order chi connectivity index (χ1) is 8.40. The fraction of sp³-hybridized carbons (Fsp3) is 0.273. The number of rotatable bonds is 6. The van der Waals surface area contributed by atoms with Crippen LogP contribution in [0.3, 0.4) is 0 Å². The lowest BCUT2D eigenvalue weighted by Crippen LogP contribution is -2.39. The van der Waals surface area contributed by atoms with E-state index >= 15 is 0 Å². The van der Waals surface area contributed by atoms with E-state index in [1.165, 1.54) is 11.0 Å². The molecule has 18 heavy (non-hydrogen) atoms. The van der Waals surface area contributed by atoms with Crippen LogP contribution in [0.25, 0.3) is 0 Å². The van der Waals surface area contributed by atoms with Crippen LogP contribution in [0, 0.1) is 0 Å². The Balaban J connectivity index is 2.88. The first-order valence-electron chi connectivity index (χ1n) is 5.15. The SMILES string of the molecule is NC(=O)CN(CC(N)=O)Cc1c(O)cccc1Cl. The first kappa shape index (κ1) is 14.3. The van der Waals surface area contributed by atoms with Gasteiger partial charge in [-0.15, -0.1) is 0 Å². The monoisotopic (exact) mass is 271 g/mol. The van der Waals surface area contributed by atoms with Crippen molar-refractivity contribution in [1.82, 2.24) is 4.90 Å². The number of hydrogen-bond acceptors (Lipinski definition) is 4. The highest BCUT2D eigenvalue weighted by molar-refractivity contribution is 6.31. The van der Waals surface area contributed by atoms with Crippen LogP contribution in [0.4, 0.5) is 0 Å². The van der Waals surface area contributed by atoms with Gasteiger partial charge in [0.05, 0.1) is 13.1 Å². The molecule has 0 saturated carbocycles. The summed E-state index contributed by atoms with van der Waals surface area (Å²) >= 11 is 5.93. The number of carbonyl (C=O) groups is 2. The summed E-state index contributed by atoms with van der Waals surface area (Å²) in [6, 6.07) is 4.66. The van der Waals surface area contributed by atoms with Gasteiger partial charge in [-0.2, -0.15) is 0 Å². The van der Waals surface area contributed by atoms with Crippen molar-refractivity contribution in [3.05, 3.63) is 28.8 Å². The maximum atomic E-state index is 10.9. The third kappa shape index (κ3) is 4.23. The number of halogens is 1. The average Bonchev–Trinajstić information content (AvgIpc) is 2.21. The van der Waals surface area contributed by atoms with E-state index in [-0.39, 0.29) is 25.4 Å². The van der Waals surface area contributed by atoms with Crippen molar-refractivity contribution in [3.63, 3.8) is 0 Å². The van der Waals surface area contributed by atoms with E-state index in [4.69, 9.17) is 23.1 Å². The van der Waals surface area contributed by atoms with Crippen molar-refractivity contribution in [2.45, 2.75) is 6.54 Å². The maximum Gasteiger partial charge on any atom is 0.231 e. The summed E-state index contributed by atoms with van der Waals surface area (Å²) < 4.78 is 0. The molecule has 0 aliphatic carbocycles. The van der Waals surface area contributed by atoms with Crippen molar-refractivity contribution < 1.29 is 14.7 Å². The molecule has 0 heterocycles. The molecule has 6 nitrogen and oxygen atoms in total. The van der Waals surface area contributed by atoms with Gasteiger partial charge in [-0.1, -0.05) is 17.7 Å². The summed E-state index contributed by atoms with van der Waals surface area (Å²) in [7, 11) is 0. The number of benzene rings is 1. The lowest BCUT2D eigenvalue weighted by atomic mass is 10.2. The molecule has 5 N–H and O–H groups in total. The van der Waals surface area contributed by atoms with E-state index in [0.717, 1.165) is 0 Å². The van der Waals surface area contributed by atoms with Crippen LogP contribution < -0.4 is 11.5 Å². The molecule has 0 bridgehead atoms. The second-order valence-electron chi connectivity index (χ2n) is 3.82. The normalized spacial score (nSPS) is 10.6. The van der Waals surface area contributed by atoms with Crippen molar-refractivity contribution in [2.24, 2.45) is 11.5 Å². The molecule has 1 aromatic carbocycles. The quantitative estimate of drug-likeness (QED) is 0.666. The fourth-order valence-corrected chi connectivity index (χ4v) is 1.77. The number of primary amides is 2. The third-order valence-corrected chi connectivity index (χ3v) is 2.59. The van der Waals surface area contributed by atoms with E-state index in [1.54, 1.807) is 12.1 Å². The molecule has 0 spiro atoms. The van der Waals surface area contributed by atoms with Gasteiger partial charge in [-0.25, -0.2) is 0 Å². The van der Waals surface area contributed by atoms with Crippen LogP contribution in [-0.4, -0.2) is 34.9 Å². The largest absolute Gasteiger partial charge is 0.508 e. The summed E-state index contributed by atoms with van der Waals surface area (Å²) in [5, 5.41) is 10.0. The minimum absolute atomic E-state index is 0.0126. The summed E-state index contributed by atoms with van der Waals surface area (Å²) in [4.78, 5) is 23.2. The Labute approximate surface area is 109 Å². The van der Waals surface area contributed by atoms with Gasteiger partial charge >= 0.3 is 0 Å². The predicted octanol–water partition coefficient (Wildman–Crippen LogP) is -0.182. The molecule has 0 unspecified atom stereocenters. The molecule has 1 rings (SSSR count). The van der Waals surface area contributed by atoms with Crippen LogP contribution in [0.15, 0.2) is 18.2 Å². The Morgan fingerprint density at radius 1 is 1.22 bits per heavy atom. The van der Waals surface area contributed by atoms with Crippen LogP contribution in [0.5, 0.6) is 5.75 Å². The second kappa shape index (κ2) is 6.23. The van der Waals surface area contributed by atoms with Gasteiger partial charge in [-0.05, 0) is 12.1 Å². The zero-order valence-electron chi connectivity index (χ0n) is 9.60. The number of hydrogen-bond donors (Lipinski definition) is 3. The molecule has 0 atom stereocenters. The number of amides is 2. The molecule has 0 aliphatic rings. The smallest absolute Gasteiger partial charge is 0.231 e. The minimum atomic E-state index is -0.595. The zero-order valence-corrected chi connectivity index (χ0v) is 10.4. The molecule has 0 aliphatic heterocycles. The summed E-state index contributed by atoms with van der Waals surface area (Å²) in [6.45, 7) is -0.182. The summed E-state index contributed by atoms with van der Waals surface area (Å²) in [6.07, 6.45) is 0. The van der Waals surface area contributed by atoms with Gasteiger partial charge in [0.2, 0.25) is 11.8 Å². The average molecular weight is 272 g/mol. The lowest BCUT2D eigenvalue weighted by molar-refractivity contribution is -0.122. The fourth-order valence-electron chi connectivity index (χ4n) is 1.54. The second-order valence-corrected chi connectivity index (χ2v) is 4.22. The van der Waals surface area contributed by atoms with E-state index in [0.29, 0.717) is 10.6 Å². The van der Waals surface area contributed by atoms with E-state index in [9.17, 15) is 14.7 Å². The van der Waals surface area contributed by atoms with Crippen LogP contribution in [-0.2, 0) is 16.1 Å². The number of phenols is 1. The van der Waals surface area contributed by atoms with Crippen molar-refractivity contribution in [3.8, 4) is 5.75 Å². The molecule has 1 aromatic rings. The molecule has 7 heteroatoms. The Morgan fingerprint density at radius 3 is 2.22 bits per heavy atom. The van der Waals surface area contributed by atoms with Gasteiger partial charge in [-0.3, -0.25) is 14.5 Å². The molecule has 0 saturated heterocycles. The number of aromatic hydroxyl groups is 1. The highest BCUT2D eigenvalue weighted by atomic mass is 35.5. The van der Waals surface area contributed by atoms with Gasteiger partial charge in [0.15, 0.2) is 0 Å². The van der Waals surface area contributed by atoms with Gasteiger partial charge in [0.1, 0.15) is 5.75 Å². The third-order valence-electron chi connectivity index (χ3n) is 2.23. The Hall–Kier alpha value is -1.79. The maximum absolute atomic E-state index is 10.9. The Morgan fingerprint density at radius 2 is 1.78 bits per heavy atom. The van der Waals surface area contributed by atoms with E-state index in [1.807, 2.05) is 0 Å². The topological polar surface area (TPSA) is 110 Å². The molecule has 0 fully saturated rings. The molecule has 0 aromatic heterocycles. The van der Waals surface area contributed by atoms with Gasteiger partial charge in [0.25, 0.3) is 0 Å². The number of nitrogens with two attached hydrogens (primary N) is 2. The standard InChI is InChI=1S/C11H14ClN3O3/c12-8-2-1-3-9(16)7(8)4-15(5-10(13)17)6-11(14)18/h1-3,16H,4-6H2,(H2,13,17)(H2,14,18). The molecule has 98 valence electrons. The summed E-state index contributed by atoms with van der Waals surface area (Å²) in [5.41, 5.74) is 10.6. The lowest BCUT2D eigenvalue weighted by Gasteiger charge is -2.20. The number of carbonyl (C=O) groups excluding carboxylic acids is 2. The van der Waals surface area contributed by atoms with Crippen molar-refractivity contribution in [1.29, 1.82) is 0 Å². The first-order valence-corrected chi connectivity index (χ1v) is 5.53. The zero-order chi connectivity index (χ0) is 13.7. The van der Waals surface area contributed by atoms with Gasteiger partial charge < -0.3 is 16.6 Å². The van der Waals surface area contributed by atoms with Crippen LogP contribution in [0.2, 0.25) is 5.02 Å². The number of phenolic OH excluding ortho intramolecular Hbond substituents is 1. The molecular weight excluding hydrogens is 258 g/mol. The molecule has 0 radical (unpaired) electrons.